The van der Waals surface area contributed by atoms with Crippen LogP contribution < -0.4 is 19.7 Å². The summed E-state index contributed by atoms with van der Waals surface area (Å²) in [7, 11) is 0. The van der Waals surface area contributed by atoms with Crippen molar-refractivity contribution in [2.45, 2.75) is 25.9 Å². The van der Waals surface area contributed by atoms with Crippen LogP contribution in [0.15, 0.2) is 78.9 Å². The Bertz CT molecular complexity index is 1050. The zero-order chi connectivity index (χ0) is 21.6. The van der Waals surface area contributed by atoms with E-state index in [1.165, 1.54) is 0 Å². The van der Waals surface area contributed by atoms with Crippen molar-refractivity contribution in [1.82, 2.24) is 0 Å². The number of carbonyl (C=O) groups is 2. The highest BCUT2D eigenvalue weighted by Crippen LogP contribution is 2.34. The molecule has 1 heterocycles. The predicted molar refractivity (Wildman–Crippen MR) is 120 cm³/mol. The molecule has 0 radical (unpaired) electrons. The minimum Gasteiger partial charge on any atom is -0.478 e. The third-order valence-electron chi connectivity index (χ3n) is 5.02. The maximum atomic E-state index is 12.7. The lowest BCUT2D eigenvalue weighted by Crippen LogP contribution is -2.46. The van der Waals surface area contributed by atoms with Gasteiger partial charge >= 0.3 is 0 Å². The van der Waals surface area contributed by atoms with Crippen LogP contribution in [0.3, 0.4) is 0 Å². The lowest BCUT2D eigenvalue weighted by molar-refractivity contribution is -0.126. The van der Waals surface area contributed by atoms with Gasteiger partial charge in [0.05, 0.1) is 5.69 Å². The second-order valence-corrected chi connectivity index (χ2v) is 7.21. The third-order valence-corrected chi connectivity index (χ3v) is 5.02. The van der Waals surface area contributed by atoms with Crippen molar-refractivity contribution >= 4 is 23.2 Å². The molecule has 0 bridgehead atoms. The number of fused-ring (bicyclic) bond motifs is 1. The van der Waals surface area contributed by atoms with E-state index in [9.17, 15) is 9.59 Å². The lowest BCUT2D eigenvalue weighted by Gasteiger charge is -2.33. The molecule has 3 aromatic carbocycles. The molecule has 3 aromatic rings. The minimum atomic E-state index is -0.518. The van der Waals surface area contributed by atoms with Crippen molar-refractivity contribution < 1.29 is 19.1 Å². The van der Waals surface area contributed by atoms with E-state index >= 15 is 0 Å². The van der Waals surface area contributed by atoms with Crippen LogP contribution in [0.1, 0.15) is 19.8 Å². The topological polar surface area (TPSA) is 67.9 Å². The number of para-hydroxylation sites is 3. The summed E-state index contributed by atoms with van der Waals surface area (Å²) in [6, 6.07) is 24.1. The van der Waals surface area contributed by atoms with Crippen LogP contribution in [0.5, 0.6) is 17.2 Å². The SMILES string of the molecule is CCC1Oc2ccccc2N(CCC(=O)Nc2ccc(Oc3ccccc3)cc2)C1=O. The number of benzene rings is 3. The van der Waals surface area contributed by atoms with E-state index in [-0.39, 0.29) is 24.8 Å². The lowest BCUT2D eigenvalue weighted by atomic mass is 10.1. The molecule has 1 unspecified atom stereocenters. The Morgan fingerprint density at radius 3 is 2.39 bits per heavy atom. The molecule has 6 nitrogen and oxygen atoms in total. The number of rotatable bonds is 7. The zero-order valence-corrected chi connectivity index (χ0v) is 17.3. The molecule has 1 atom stereocenters. The van der Waals surface area contributed by atoms with Gasteiger partial charge in [-0.3, -0.25) is 9.59 Å². The van der Waals surface area contributed by atoms with E-state index in [2.05, 4.69) is 5.32 Å². The molecule has 31 heavy (non-hydrogen) atoms. The number of carbonyl (C=O) groups excluding carboxylic acids is 2. The number of ether oxygens (including phenoxy) is 2. The van der Waals surface area contributed by atoms with Crippen LogP contribution in [-0.2, 0) is 9.59 Å². The molecule has 0 fully saturated rings. The van der Waals surface area contributed by atoms with Gasteiger partial charge in [0.1, 0.15) is 17.2 Å². The molecule has 0 saturated heterocycles. The van der Waals surface area contributed by atoms with Gasteiger partial charge in [-0.2, -0.15) is 0 Å². The standard InChI is InChI=1S/C25H24N2O4/c1-2-22-25(29)27(21-10-6-7-11-23(21)31-22)17-16-24(28)26-18-12-14-20(15-13-18)30-19-8-4-3-5-9-19/h3-15,22H,2,16-17H2,1H3,(H,26,28). The van der Waals surface area contributed by atoms with Crippen LogP contribution in [0.2, 0.25) is 0 Å². The molecule has 158 valence electrons. The first-order valence-corrected chi connectivity index (χ1v) is 10.3. The van der Waals surface area contributed by atoms with Crippen LogP contribution in [0.4, 0.5) is 11.4 Å². The summed E-state index contributed by atoms with van der Waals surface area (Å²) in [5.41, 5.74) is 1.37. The fraction of sp³-hybridized carbons (Fsp3) is 0.200. The van der Waals surface area contributed by atoms with E-state index < -0.39 is 6.10 Å². The summed E-state index contributed by atoms with van der Waals surface area (Å²) in [5, 5.41) is 2.87. The van der Waals surface area contributed by atoms with Gasteiger partial charge in [-0.25, -0.2) is 0 Å². The fourth-order valence-corrected chi connectivity index (χ4v) is 3.43. The highest BCUT2D eigenvalue weighted by molar-refractivity contribution is 6.01. The summed E-state index contributed by atoms with van der Waals surface area (Å²) in [4.78, 5) is 26.9. The van der Waals surface area contributed by atoms with Gasteiger partial charge in [0.2, 0.25) is 5.91 Å². The molecule has 1 aliphatic rings. The van der Waals surface area contributed by atoms with Crippen molar-refractivity contribution in [3.05, 3.63) is 78.9 Å². The van der Waals surface area contributed by atoms with Gasteiger partial charge in [0.15, 0.2) is 6.10 Å². The molecule has 1 N–H and O–H groups in total. The summed E-state index contributed by atoms with van der Waals surface area (Å²) < 4.78 is 11.5. The minimum absolute atomic E-state index is 0.114. The first-order valence-electron chi connectivity index (χ1n) is 10.3. The van der Waals surface area contributed by atoms with Crippen molar-refractivity contribution in [1.29, 1.82) is 0 Å². The van der Waals surface area contributed by atoms with E-state index in [1.54, 1.807) is 29.2 Å². The van der Waals surface area contributed by atoms with Crippen LogP contribution in [-0.4, -0.2) is 24.5 Å². The highest BCUT2D eigenvalue weighted by atomic mass is 16.5. The Morgan fingerprint density at radius 1 is 0.968 bits per heavy atom. The number of hydrogen-bond donors (Lipinski definition) is 1. The maximum absolute atomic E-state index is 12.7. The first-order chi connectivity index (χ1) is 15.1. The number of anilines is 2. The fourth-order valence-electron chi connectivity index (χ4n) is 3.43. The van der Waals surface area contributed by atoms with Crippen LogP contribution in [0, 0.1) is 0 Å². The summed E-state index contributed by atoms with van der Waals surface area (Å²) >= 11 is 0. The second kappa shape index (κ2) is 9.34. The van der Waals surface area contributed by atoms with Crippen LogP contribution >= 0.6 is 0 Å². The van der Waals surface area contributed by atoms with Crippen LogP contribution in [0.25, 0.3) is 0 Å². The van der Waals surface area contributed by atoms with E-state index in [0.29, 0.717) is 29.3 Å². The highest BCUT2D eigenvalue weighted by Gasteiger charge is 2.33. The maximum Gasteiger partial charge on any atom is 0.268 e. The van der Waals surface area contributed by atoms with Gasteiger partial charge < -0.3 is 19.7 Å². The van der Waals surface area contributed by atoms with Crippen molar-refractivity contribution in [2.75, 3.05) is 16.8 Å². The van der Waals surface area contributed by atoms with Crippen molar-refractivity contribution in [3.63, 3.8) is 0 Å². The predicted octanol–water partition coefficient (Wildman–Crippen LogP) is 5.01. The Morgan fingerprint density at radius 2 is 1.65 bits per heavy atom. The first kappa shape index (κ1) is 20.5. The summed E-state index contributed by atoms with van der Waals surface area (Å²) in [6.45, 7) is 2.20. The van der Waals surface area contributed by atoms with E-state index in [4.69, 9.17) is 9.47 Å². The van der Waals surface area contributed by atoms with E-state index in [0.717, 1.165) is 5.75 Å². The number of hydrogen-bond acceptors (Lipinski definition) is 4. The van der Waals surface area contributed by atoms with Crippen molar-refractivity contribution in [3.8, 4) is 17.2 Å². The molecule has 0 saturated carbocycles. The number of nitrogens with zero attached hydrogens (tertiary/aromatic N) is 1. The average Bonchev–Trinajstić information content (AvgIpc) is 2.80. The smallest absolute Gasteiger partial charge is 0.268 e. The Kier molecular flexibility index (Phi) is 6.17. The van der Waals surface area contributed by atoms with Gasteiger partial charge in [-0.05, 0) is 55.0 Å². The molecule has 0 aromatic heterocycles. The summed E-state index contributed by atoms with van der Waals surface area (Å²) in [6.07, 6.45) is 0.238. The van der Waals surface area contributed by atoms with Crippen molar-refractivity contribution in [2.24, 2.45) is 0 Å². The summed E-state index contributed by atoms with van der Waals surface area (Å²) in [5.74, 6) is 1.83. The third kappa shape index (κ3) is 4.86. The molecule has 1 aliphatic heterocycles. The Balaban J connectivity index is 1.35. The second-order valence-electron chi connectivity index (χ2n) is 7.21. The Labute approximate surface area is 181 Å². The quantitative estimate of drug-likeness (QED) is 0.588. The molecular formula is C25H24N2O4. The largest absolute Gasteiger partial charge is 0.478 e. The number of amides is 2. The normalized spacial score (nSPS) is 15.1. The van der Waals surface area contributed by atoms with Gasteiger partial charge in [-0.15, -0.1) is 0 Å². The van der Waals surface area contributed by atoms with Gasteiger partial charge in [-0.1, -0.05) is 37.3 Å². The average molecular weight is 416 g/mol. The molecule has 2 amide bonds. The molecule has 0 spiro atoms. The monoisotopic (exact) mass is 416 g/mol. The van der Waals surface area contributed by atoms with E-state index in [1.807, 2.05) is 61.5 Å². The number of nitrogens with one attached hydrogen (secondary N) is 1. The van der Waals surface area contributed by atoms with Gasteiger partial charge in [0, 0.05) is 18.7 Å². The van der Waals surface area contributed by atoms with Gasteiger partial charge in [0.25, 0.3) is 5.91 Å². The zero-order valence-electron chi connectivity index (χ0n) is 17.3. The molecular weight excluding hydrogens is 392 g/mol. The molecule has 4 rings (SSSR count). The Hall–Kier alpha value is -3.80. The molecule has 6 heteroatoms. The molecule has 0 aliphatic carbocycles.